The van der Waals surface area contributed by atoms with Crippen molar-refractivity contribution >= 4 is 31.3 Å². The van der Waals surface area contributed by atoms with Gasteiger partial charge in [-0.1, -0.05) is 18.2 Å². The average Bonchev–Trinajstić information content (AvgIpc) is 3.58. The second kappa shape index (κ2) is 11.3. The second-order valence-electron chi connectivity index (χ2n) is 9.14. The molecule has 16 heteroatoms. The first-order valence-corrected chi connectivity index (χ1v) is 13.9. The molecule has 0 bridgehead atoms. The zero-order chi connectivity index (χ0) is 29.3. The molecular weight excluding hydrogens is 557 g/mol. The van der Waals surface area contributed by atoms with Crippen molar-refractivity contribution in [3.05, 3.63) is 83.5 Å². The number of ether oxygens (including phenoxy) is 1. The summed E-state index contributed by atoms with van der Waals surface area (Å²) in [6, 6.07) is 8.67. The number of aliphatic imine (C=N–C) groups is 1. The van der Waals surface area contributed by atoms with Gasteiger partial charge in [0.05, 0.1) is 17.8 Å². The highest BCUT2D eigenvalue weighted by atomic mass is 31.2. The van der Waals surface area contributed by atoms with Crippen LogP contribution in [0.2, 0.25) is 0 Å². The summed E-state index contributed by atoms with van der Waals surface area (Å²) < 4.78 is 24.4. The zero-order valence-electron chi connectivity index (χ0n) is 22.0. The van der Waals surface area contributed by atoms with Crippen LogP contribution in [0.5, 0.6) is 0 Å². The molecule has 15 nitrogen and oxygen atoms in total. The minimum atomic E-state index is -4.90. The molecule has 2 N–H and O–H groups in total. The fraction of sp³-hybridized carbons (Fsp3) is 0.280. The van der Waals surface area contributed by atoms with E-state index < -0.39 is 32.3 Å². The number of rotatable bonds is 7. The molecule has 3 aromatic rings. The highest BCUT2D eigenvalue weighted by molar-refractivity contribution is 7.46. The Hall–Kier alpha value is -4.27. The Balaban J connectivity index is 1.47. The number of fused-ring (bicyclic) bond motifs is 1. The fourth-order valence-corrected chi connectivity index (χ4v) is 4.85. The zero-order valence-corrected chi connectivity index (χ0v) is 22.9. The van der Waals surface area contributed by atoms with Gasteiger partial charge in [0, 0.05) is 49.9 Å². The lowest BCUT2D eigenvalue weighted by molar-refractivity contribution is -0.124. The van der Waals surface area contributed by atoms with Crippen molar-refractivity contribution < 1.29 is 38.0 Å². The van der Waals surface area contributed by atoms with Gasteiger partial charge in [-0.25, -0.2) is 14.2 Å². The van der Waals surface area contributed by atoms with Crippen LogP contribution in [-0.4, -0.2) is 89.1 Å². The van der Waals surface area contributed by atoms with E-state index in [-0.39, 0.29) is 42.6 Å². The van der Waals surface area contributed by atoms with E-state index in [0.29, 0.717) is 17.0 Å². The highest BCUT2D eigenvalue weighted by Crippen LogP contribution is 2.38. The van der Waals surface area contributed by atoms with Gasteiger partial charge in [0.2, 0.25) is 0 Å². The van der Waals surface area contributed by atoms with Gasteiger partial charge in [0.25, 0.3) is 17.6 Å². The highest BCUT2D eigenvalue weighted by Gasteiger charge is 2.37. The predicted molar refractivity (Wildman–Crippen MR) is 142 cm³/mol. The van der Waals surface area contributed by atoms with Crippen LogP contribution in [0, 0.1) is 6.92 Å². The Morgan fingerprint density at radius 3 is 2.41 bits per heavy atom. The number of nitrogens with zero attached hydrogens (tertiary/aromatic N) is 7. The lowest BCUT2D eigenvalue weighted by Gasteiger charge is -2.28. The lowest BCUT2D eigenvalue weighted by atomic mass is 9.98. The van der Waals surface area contributed by atoms with Crippen molar-refractivity contribution in [2.75, 3.05) is 26.7 Å². The number of aryl methyl sites for hydroxylation is 1. The van der Waals surface area contributed by atoms with E-state index in [0.717, 1.165) is 0 Å². The molecule has 2 aliphatic rings. The molecule has 2 aliphatic heterocycles. The van der Waals surface area contributed by atoms with Gasteiger partial charge in [-0.3, -0.25) is 23.9 Å². The number of phosphoric ester groups is 1. The summed E-state index contributed by atoms with van der Waals surface area (Å²) in [6.07, 6.45) is 4.73. The van der Waals surface area contributed by atoms with E-state index in [4.69, 9.17) is 9.26 Å². The van der Waals surface area contributed by atoms with E-state index in [1.54, 1.807) is 37.3 Å². The van der Waals surface area contributed by atoms with Crippen molar-refractivity contribution in [1.29, 1.82) is 0 Å². The van der Waals surface area contributed by atoms with Crippen LogP contribution in [0.1, 0.15) is 43.9 Å². The van der Waals surface area contributed by atoms with E-state index in [9.17, 15) is 28.7 Å². The van der Waals surface area contributed by atoms with Crippen LogP contribution in [-0.2, 0) is 25.4 Å². The standard InChI is InChI=1S/C25H26N7O8P/c1-16-27-14-32(28-16)23-21-20(19(39-2)12-26-23)18(13-31(21)15-40-41(36,37)38)22(33)25(35)30-10-8-29(9-11-30)24(34)17-6-4-3-5-7-17/h3-8,10,13-14,19H,9,11-12,15H2,1-2H3,(H2,36,37,38). The first-order valence-electron chi connectivity index (χ1n) is 12.4. The third-order valence-electron chi connectivity index (χ3n) is 6.52. The molecule has 4 heterocycles. The monoisotopic (exact) mass is 583 g/mol. The first kappa shape index (κ1) is 28.3. The van der Waals surface area contributed by atoms with Crippen LogP contribution in [0.3, 0.4) is 0 Å². The molecule has 214 valence electrons. The maximum Gasteiger partial charge on any atom is 0.471 e. The fourth-order valence-electron chi connectivity index (χ4n) is 4.58. The average molecular weight is 583 g/mol. The van der Waals surface area contributed by atoms with Crippen molar-refractivity contribution in [2.24, 2.45) is 4.99 Å². The smallest absolute Gasteiger partial charge is 0.375 e. The maximum absolute atomic E-state index is 13.6. The van der Waals surface area contributed by atoms with Gasteiger partial charge in [-0.05, 0) is 19.1 Å². The third kappa shape index (κ3) is 5.80. The van der Waals surface area contributed by atoms with Crippen LogP contribution >= 0.6 is 7.82 Å². The number of aromatic nitrogens is 4. The molecular formula is C25H26N7O8P. The van der Waals surface area contributed by atoms with Crippen LogP contribution in [0.15, 0.2) is 60.2 Å². The van der Waals surface area contributed by atoms with E-state index in [1.807, 2.05) is 0 Å². The largest absolute Gasteiger partial charge is 0.471 e. The number of Topliss-reactive ketones (excluding diaryl/α,β-unsaturated/α-hetero) is 1. The van der Waals surface area contributed by atoms with Gasteiger partial charge in [-0.2, -0.15) is 5.10 Å². The molecule has 0 saturated carbocycles. The quantitative estimate of drug-likeness (QED) is 0.232. The van der Waals surface area contributed by atoms with Crippen molar-refractivity contribution in [2.45, 2.75) is 19.8 Å². The van der Waals surface area contributed by atoms with Crippen LogP contribution < -0.4 is 0 Å². The molecule has 5 rings (SSSR count). The molecule has 2 amide bonds. The van der Waals surface area contributed by atoms with Gasteiger partial charge in [-0.15, -0.1) is 0 Å². The summed E-state index contributed by atoms with van der Waals surface area (Å²) in [5.74, 6) is -1.32. The molecule has 1 atom stereocenters. The van der Waals surface area contributed by atoms with E-state index in [1.165, 1.54) is 51.1 Å². The summed E-state index contributed by atoms with van der Waals surface area (Å²) in [7, 11) is -3.48. The Morgan fingerprint density at radius 2 is 1.80 bits per heavy atom. The Bertz CT molecular complexity index is 1610. The minimum Gasteiger partial charge on any atom is -0.375 e. The number of methoxy groups -OCH3 is 1. The Morgan fingerprint density at radius 1 is 1.10 bits per heavy atom. The van der Waals surface area contributed by atoms with E-state index >= 15 is 0 Å². The topological polar surface area (TPSA) is 182 Å². The number of hydrogen-bond donors (Lipinski definition) is 2. The van der Waals surface area contributed by atoms with Gasteiger partial charge in [0.15, 0.2) is 5.84 Å². The summed E-state index contributed by atoms with van der Waals surface area (Å²) in [6.45, 7) is 1.33. The number of amides is 2. The van der Waals surface area contributed by atoms with Crippen molar-refractivity contribution in [3.8, 4) is 0 Å². The number of hydrogen-bond acceptors (Lipinski definition) is 9. The molecule has 0 saturated heterocycles. The molecule has 2 aromatic heterocycles. The van der Waals surface area contributed by atoms with E-state index in [2.05, 4.69) is 15.1 Å². The molecule has 1 unspecified atom stereocenters. The van der Waals surface area contributed by atoms with Gasteiger partial charge in [0.1, 0.15) is 25.0 Å². The van der Waals surface area contributed by atoms with Gasteiger partial charge >= 0.3 is 7.82 Å². The first-order chi connectivity index (χ1) is 19.6. The number of ketones is 1. The molecule has 0 fully saturated rings. The molecule has 0 spiro atoms. The number of benzene rings is 1. The summed E-state index contributed by atoms with van der Waals surface area (Å²) in [5, 5.41) is 4.26. The number of phosphoric acid groups is 1. The number of carbonyl (C=O) groups is 3. The molecule has 41 heavy (non-hydrogen) atoms. The second-order valence-corrected chi connectivity index (χ2v) is 10.4. The van der Waals surface area contributed by atoms with Gasteiger partial charge < -0.3 is 28.9 Å². The van der Waals surface area contributed by atoms with Crippen LogP contribution in [0.25, 0.3) is 0 Å². The predicted octanol–water partition coefficient (Wildman–Crippen LogP) is 1.09. The maximum atomic E-state index is 13.6. The molecule has 0 aliphatic carbocycles. The number of carbonyl (C=O) groups excluding carboxylic acids is 3. The van der Waals surface area contributed by atoms with Crippen molar-refractivity contribution in [3.63, 3.8) is 0 Å². The van der Waals surface area contributed by atoms with Crippen LogP contribution in [0.4, 0.5) is 0 Å². The summed E-state index contributed by atoms with van der Waals surface area (Å²) >= 11 is 0. The minimum absolute atomic E-state index is 0.0495. The Kier molecular flexibility index (Phi) is 7.80. The summed E-state index contributed by atoms with van der Waals surface area (Å²) in [4.78, 5) is 69.6. The Labute approximate surface area is 233 Å². The summed E-state index contributed by atoms with van der Waals surface area (Å²) in [5.41, 5.74) is 0.961. The van der Waals surface area contributed by atoms with Crippen molar-refractivity contribution in [1.82, 2.24) is 29.1 Å². The third-order valence-corrected chi connectivity index (χ3v) is 6.97. The molecule has 0 radical (unpaired) electrons. The molecule has 1 aromatic carbocycles. The normalized spacial score (nSPS) is 16.9. The lowest BCUT2D eigenvalue weighted by Crippen LogP contribution is -2.43. The SMILES string of the molecule is COC1CN=C(n2cnc(C)n2)c2c1c(C(=O)C(=O)N1C=CN(C(=O)c3ccccc3)CC1)cn2COP(=O)(O)O.